The third-order valence-corrected chi connectivity index (χ3v) is 23.3. The number of carbonyl (C=O) groups is 3. The van der Waals surface area contributed by atoms with Crippen LogP contribution in [0.15, 0.2) is 110 Å². The Kier molecular flexibility index (Phi) is 29.7. The molecule has 0 aliphatic carbocycles. The van der Waals surface area contributed by atoms with Crippen molar-refractivity contribution in [3.05, 3.63) is 155 Å². The van der Waals surface area contributed by atoms with E-state index in [2.05, 4.69) is 15.0 Å². The first kappa shape index (κ1) is 80.2. The van der Waals surface area contributed by atoms with E-state index >= 15 is 13.2 Å². The van der Waals surface area contributed by atoms with Crippen LogP contribution in [0, 0.1) is 66.8 Å². The van der Waals surface area contributed by atoms with Gasteiger partial charge in [-0.05, 0) is 135 Å². The van der Waals surface area contributed by atoms with Crippen molar-refractivity contribution in [1.82, 2.24) is 28.7 Å². The smallest absolute Gasteiger partial charge is 0.380 e. The number of esters is 3. The number of ether oxygens (including phenoxy) is 6. The molecule has 0 spiro atoms. The van der Waals surface area contributed by atoms with Gasteiger partial charge in [0.2, 0.25) is 0 Å². The summed E-state index contributed by atoms with van der Waals surface area (Å²) in [4.78, 5) is 45.3. The number of aliphatic hydroxyl groups is 3. The molecular formula is C69H90F3N6O21P3S6. The van der Waals surface area contributed by atoms with Crippen LogP contribution in [0.2, 0.25) is 0 Å². The fourth-order valence-corrected chi connectivity index (χ4v) is 16.6. The van der Waals surface area contributed by atoms with Crippen molar-refractivity contribution in [1.29, 1.82) is 0 Å². The van der Waals surface area contributed by atoms with Crippen molar-refractivity contribution in [2.75, 3.05) is 38.2 Å². The number of nitrogens with one attached hydrogen (secondary N) is 3. The van der Waals surface area contributed by atoms with E-state index in [4.69, 9.17) is 137 Å². The Labute approximate surface area is 662 Å². The van der Waals surface area contributed by atoms with Crippen LogP contribution >= 0.6 is 96.1 Å². The van der Waals surface area contributed by atoms with E-state index in [-0.39, 0.29) is 31.6 Å². The van der Waals surface area contributed by atoms with E-state index in [1.807, 2.05) is 0 Å². The van der Waals surface area contributed by atoms with Crippen molar-refractivity contribution < 1.29 is 120 Å². The fourth-order valence-electron chi connectivity index (χ4n) is 10.1. The molecule has 39 heteroatoms. The van der Waals surface area contributed by atoms with Crippen molar-refractivity contribution in [3.63, 3.8) is 0 Å². The highest BCUT2D eigenvalue weighted by atomic mass is 32.1. The molecule has 3 aliphatic rings. The van der Waals surface area contributed by atoms with Gasteiger partial charge < -0.3 is 72.3 Å². The second-order valence-corrected chi connectivity index (χ2v) is 34.2. The summed E-state index contributed by atoms with van der Waals surface area (Å²) in [7, 11) is -13.4. The van der Waals surface area contributed by atoms with E-state index < -0.39 is 189 Å². The predicted octanol–water partition coefficient (Wildman–Crippen LogP) is 15.2. The monoisotopic (exact) mass is 1690 g/mol. The minimum atomic E-state index is -4.47. The molecule has 3 aromatic heterocycles. The Balaban J connectivity index is 0.000000237. The lowest BCUT2D eigenvalue weighted by Crippen LogP contribution is -2.32. The largest absolute Gasteiger partial charge is 0.463 e. The van der Waals surface area contributed by atoms with Crippen LogP contribution in [0.4, 0.5) is 13.2 Å². The minimum absolute atomic E-state index is 0.00171. The normalized spacial score (nSPS) is 25.5. The molecule has 3 saturated heterocycles. The van der Waals surface area contributed by atoms with Gasteiger partial charge in [-0.25, -0.2) is 26.9 Å². The first-order valence-electron chi connectivity index (χ1n) is 36.5. The summed E-state index contributed by atoms with van der Waals surface area (Å²) in [6.07, 6.45) is -21.5. The molecule has 4 unspecified atom stereocenters. The summed E-state index contributed by atoms with van der Waals surface area (Å²) in [6.45, 7) is 10.1. The maximum Gasteiger partial charge on any atom is 0.380 e. The first-order chi connectivity index (χ1) is 52.9. The van der Waals surface area contributed by atoms with Crippen LogP contribution < -0.4 is 13.6 Å². The van der Waals surface area contributed by atoms with Gasteiger partial charge in [-0.2, -0.15) is 0 Å². The highest BCUT2D eigenvalue weighted by molar-refractivity contribution is 7.72. The van der Waals surface area contributed by atoms with Gasteiger partial charge in [-0.15, -0.1) is 0 Å². The summed E-state index contributed by atoms with van der Waals surface area (Å²) in [6, 6.07) is 23.5. The highest BCUT2D eigenvalue weighted by Gasteiger charge is 2.50. The zero-order valence-electron chi connectivity index (χ0n) is 66.4. The molecule has 9 rings (SSSR count). The summed E-state index contributed by atoms with van der Waals surface area (Å²) < 4.78 is 208. The van der Waals surface area contributed by atoms with E-state index in [1.54, 1.807) is 117 Å². The fraction of sp³-hybridized carbons (Fsp3) is 0.522. The number of aromatic nitrogens is 6. The Morgan fingerprint density at radius 1 is 0.444 bits per heavy atom. The number of rotatable bonds is 30. The van der Waals surface area contributed by atoms with E-state index in [1.165, 1.54) is 89.5 Å². The average Bonchev–Trinajstić information content (AvgIpc) is 1.69. The number of halogens is 3. The second kappa shape index (κ2) is 40.1. The average molecular weight is 1690 g/mol. The lowest BCUT2D eigenvalue weighted by molar-refractivity contribution is -0.152. The minimum Gasteiger partial charge on any atom is -0.463 e. The van der Waals surface area contributed by atoms with Crippen molar-refractivity contribution in [2.24, 2.45) is 17.8 Å². The van der Waals surface area contributed by atoms with Gasteiger partial charge in [-0.3, -0.25) is 41.7 Å². The molecule has 594 valence electrons. The van der Waals surface area contributed by atoms with E-state index in [9.17, 15) is 43.4 Å². The Morgan fingerprint density at radius 2 is 0.667 bits per heavy atom. The molecule has 3 aromatic carbocycles. The molecule has 0 bridgehead atoms. The molecule has 6 heterocycles. The molecule has 6 N–H and O–H groups in total. The number of aliphatic hydroxyl groups excluding tert-OH is 3. The van der Waals surface area contributed by atoms with Crippen LogP contribution in [-0.2, 0) is 70.1 Å². The summed E-state index contributed by atoms with van der Waals surface area (Å²) in [5, 5.41) is 31.8. The van der Waals surface area contributed by atoms with Crippen LogP contribution in [0.1, 0.15) is 106 Å². The molecule has 27 nitrogen and oxygen atoms in total. The molecular weight excluding hydrogens is 1590 g/mol. The topological polar surface area (TPSA) is 336 Å². The maximum absolute atomic E-state index is 15.2. The predicted molar refractivity (Wildman–Crippen MR) is 408 cm³/mol. The number of aromatic amines is 3. The third kappa shape index (κ3) is 25.1. The zero-order chi connectivity index (χ0) is 85.2. The molecule has 3 fully saturated rings. The van der Waals surface area contributed by atoms with Gasteiger partial charge >= 0.3 is 40.7 Å². The SMILES string of the molecule is [2H]C([2H])(OP(=O)(C[C@@H](C)C(=O)OC(C)C)Oc1ccccc1)[C@@H]1O[C@H](n2cc(C)c(=S)[nH]c2=S)[C@H](F)C1O.[2H]C([2H])(O[P@@](=O)(C[C@@H](C)C(=O)OC(C)C)Oc1ccccc1)[C@@H]1O[C@H](n2cc(C)c(=S)[nH]c2=S)[C@H](F)C1O.[2H]C([2H])(O[P@](=O)(C[C@@H](C)C(=O)OC(C)C)Oc1ccccc1)[C@@H]1O[C@H](n2cc(C)c(=S)[nH]c2=S)[C@H](F)C1O. The standard InChI is InChI=1S/3C23H30FN2O7PS2/c3*1-13(2)31-22(28)15(4)12-34(29,33-16-8-6-5-7-9-16)30-11-17-19(27)18(24)21(32-17)26-10-14(3)20(35)25-23(26)36/h3*5-10,13,15,17-19,21,27H,11-12H2,1-4H3,(H,25,35,36)/t15-,17+,18-,19?,21+,34?;15-,17+,18-,19?,21+,34+;15-,17+,18-,19?,21+,34-/m111/s1/i3*11D2. The van der Waals surface area contributed by atoms with E-state index in [0.717, 1.165) is 0 Å². The van der Waals surface area contributed by atoms with Gasteiger partial charge in [0.05, 0.1) is 82.5 Å². The van der Waals surface area contributed by atoms with Gasteiger partial charge in [0.25, 0.3) is 0 Å². The van der Waals surface area contributed by atoms with Gasteiger partial charge in [0.15, 0.2) is 51.5 Å². The van der Waals surface area contributed by atoms with Gasteiger partial charge in [0, 0.05) is 35.3 Å². The van der Waals surface area contributed by atoms with Crippen LogP contribution in [0.25, 0.3) is 0 Å². The van der Waals surface area contributed by atoms with Crippen molar-refractivity contribution >= 4 is 114 Å². The number of para-hydroxylation sites is 3. The number of nitrogens with zero attached hydrogens (tertiary/aromatic N) is 3. The number of aryl methyl sites for hydroxylation is 3. The van der Waals surface area contributed by atoms with Crippen LogP contribution in [0.3, 0.4) is 0 Å². The maximum atomic E-state index is 15.2. The summed E-state index contributed by atoms with van der Waals surface area (Å²) in [5.74, 6) is -4.81. The van der Waals surface area contributed by atoms with Crippen molar-refractivity contribution in [3.8, 4) is 17.2 Å². The molecule has 0 saturated carbocycles. The van der Waals surface area contributed by atoms with Crippen molar-refractivity contribution in [2.45, 2.75) is 175 Å². The number of hydrogen-bond donors (Lipinski definition) is 6. The Bertz CT molecular complexity index is 4410. The molecule has 6 aromatic rings. The molecule has 0 radical (unpaired) electrons. The molecule has 0 amide bonds. The second-order valence-electron chi connectivity index (χ2n) is 26.0. The lowest BCUT2D eigenvalue weighted by Gasteiger charge is -2.24. The zero-order valence-corrected chi connectivity index (χ0v) is 67.9. The first-order valence-corrected chi connectivity index (χ1v) is 41.2. The number of hydrogen-bond acceptors (Lipinski definition) is 27. The number of alkyl halides is 3. The summed E-state index contributed by atoms with van der Waals surface area (Å²) in [5.41, 5.74) is 1.64. The molecule has 18 atom stereocenters. The number of benzene rings is 3. The summed E-state index contributed by atoms with van der Waals surface area (Å²) >= 11 is 31.0. The quantitative estimate of drug-likeness (QED) is 0.0106. The number of H-pyrrole nitrogens is 3. The Morgan fingerprint density at radius 3 is 0.880 bits per heavy atom. The van der Waals surface area contributed by atoms with Crippen LogP contribution in [-0.4, -0.2) is 173 Å². The third-order valence-electron chi connectivity index (χ3n) is 15.5. The van der Waals surface area contributed by atoms with Crippen LogP contribution in [0.5, 0.6) is 17.2 Å². The van der Waals surface area contributed by atoms with E-state index in [0.29, 0.717) is 30.6 Å². The molecule has 108 heavy (non-hydrogen) atoms. The number of carbonyl (C=O) groups excluding carboxylic acids is 3. The highest BCUT2D eigenvalue weighted by Crippen LogP contribution is 2.54. The van der Waals surface area contributed by atoms with Gasteiger partial charge in [-0.1, -0.05) is 112 Å². The molecule has 3 aliphatic heterocycles. The van der Waals surface area contributed by atoms with Gasteiger partial charge in [0.1, 0.15) is 67.8 Å². The Hall–Kier alpha value is -5.85. The lowest BCUT2D eigenvalue weighted by atomic mass is 10.1.